The van der Waals surface area contributed by atoms with Crippen molar-refractivity contribution in [2.24, 2.45) is 0 Å². The largest absolute Gasteiger partial charge is 0.325 e. The van der Waals surface area contributed by atoms with E-state index in [-0.39, 0.29) is 5.91 Å². The number of piperazine rings is 1. The molecule has 0 radical (unpaired) electrons. The molecule has 12 heteroatoms. The standard InChI is InChI=1S/C34H37FN10O/c1-3-43-14-16-44(17-15-43)22-26-9-8-25(18-27(26)21-35)33(46)40-28-10-7-24(2)29(19-28)41-34-37-12-13-45(34)32-20-31(38-23-39-32)42-30-6-4-5-11-36-30/h4-13,18-20,23H,3,14-17,21-22H2,1-2H3,(H,37,41)(H,40,46)(H,36,38,39,42). The Morgan fingerprint density at radius 1 is 0.848 bits per heavy atom. The summed E-state index contributed by atoms with van der Waals surface area (Å²) < 4.78 is 15.9. The summed E-state index contributed by atoms with van der Waals surface area (Å²) in [7, 11) is 0. The number of alkyl halides is 1. The molecule has 0 bridgehead atoms. The number of hydrogen-bond acceptors (Lipinski definition) is 9. The van der Waals surface area contributed by atoms with Gasteiger partial charge in [0.2, 0.25) is 5.95 Å². The molecule has 6 rings (SSSR count). The van der Waals surface area contributed by atoms with Crippen LogP contribution >= 0.6 is 0 Å². The van der Waals surface area contributed by atoms with Gasteiger partial charge in [-0.15, -0.1) is 0 Å². The number of carbonyl (C=O) groups is 1. The minimum atomic E-state index is -0.621. The summed E-state index contributed by atoms with van der Waals surface area (Å²) in [6.07, 6.45) is 6.65. The molecule has 0 spiro atoms. The van der Waals surface area contributed by atoms with Crippen LogP contribution in [0.5, 0.6) is 0 Å². The Bertz CT molecular complexity index is 1790. The van der Waals surface area contributed by atoms with E-state index in [0.29, 0.717) is 46.8 Å². The van der Waals surface area contributed by atoms with Crippen LogP contribution in [0.15, 0.2) is 85.6 Å². The fourth-order valence-electron chi connectivity index (χ4n) is 5.40. The third-order valence-corrected chi connectivity index (χ3v) is 8.12. The highest BCUT2D eigenvalue weighted by molar-refractivity contribution is 6.04. The minimum Gasteiger partial charge on any atom is -0.325 e. The lowest BCUT2D eigenvalue weighted by Crippen LogP contribution is -2.45. The first-order chi connectivity index (χ1) is 22.5. The molecule has 1 saturated heterocycles. The highest BCUT2D eigenvalue weighted by atomic mass is 19.1. The molecule has 4 heterocycles. The van der Waals surface area contributed by atoms with Crippen molar-refractivity contribution < 1.29 is 9.18 Å². The number of nitrogens with zero attached hydrogens (tertiary/aromatic N) is 7. The van der Waals surface area contributed by atoms with Crippen LogP contribution in [0.3, 0.4) is 0 Å². The highest BCUT2D eigenvalue weighted by Gasteiger charge is 2.18. The van der Waals surface area contributed by atoms with Gasteiger partial charge in [-0.25, -0.2) is 24.3 Å². The van der Waals surface area contributed by atoms with E-state index in [2.05, 4.69) is 52.6 Å². The maximum atomic E-state index is 14.1. The number of rotatable bonds is 11. The highest BCUT2D eigenvalue weighted by Crippen LogP contribution is 2.26. The van der Waals surface area contributed by atoms with Crippen molar-refractivity contribution >= 4 is 34.9 Å². The normalized spacial score (nSPS) is 13.8. The quantitative estimate of drug-likeness (QED) is 0.171. The van der Waals surface area contributed by atoms with Gasteiger partial charge < -0.3 is 20.9 Å². The van der Waals surface area contributed by atoms with E-state index in [1.807, 2.05) is 49.4 Å². The van der Waals surface area contributed by atoms with Crippen LogP contribution < -0.4 is 16.0 Å². The fourth-order valence-corrected chi connectivity index (χ4v) is 5.40. The molecule has 46 heavy (non-hydrogen) atoms. The predicted octanol–water partition coefficient (Wildman–Crippen LogP) is 5.71. The van der Waals surface area contributed by atoms with Crippen LogP contribution in [0.4, 0.5) is 33.3 Å². The van der Waals surface area contributed by atoms with E-state index >= 15 is 0 Å². The molecule has 1 aliphatic rings. The molecule has 0 aliphatic carbocycles. The van der Waals surface area contributed by atoms with Crippen molar-refractivity contribution in [1.29, 1.82) is 0 Å². The maximum absolute atomic E-state index is 14.1. The maximum Gasteiger partial charge on any atom is 0.255 e. The first-order valence-electron chi connectivity index (χ1n) is 15.3. The van der Waals surface area contributed by atoms with Crippen molar-refractivity contribution in [3.05, 3.63) is 108 Å². The van der Waals surface area contributed by atoms with Crippen molar-refractivity contribution in [2.45, 2.75) is 27.1 Å². The van der Waals surface area contributed by atoms with Gasteiger partial charge in [0.25, 0.3) is 5.91 Å². The molecule has 3 N–H and O–H groups in total. The van der Waals surface area contributed by atoms with Crippen LogP contribution in [-0.4, -0.2) is 72.9 Å². The first kappa shape index (κ1) is 30.8. The molecular weight excluding hydrogens is 583 g/mol. The van der Waals surface area contributed by atoms with Crippen LogP contribution in [0.1, 0.15) is 34.0 Å². The van der Waals surface area contributed by atoms with Gasteiger partial charge in [-0.3, -0.25) is 14.3 Å². The fraction of sp³-hybridized carbons (Fsp3) is 0.265. The number of aryl methyl sites for hydroxylation is 1. The van der Waals surface area contributed by atoms with Crippen LogP contribution in [0, 0.1) is 6.92 Å². The number of pyridine rings is 1. The lowest BCUT2D eigenvalue weighted by molar-refractivity contribution is 0.102. The lowest BCUT2D eigenvalue weighted by atomic mass is 10.0. The Labute approximate surface area is 267 Å². The van der Waals surface area contributed by atoms with E-state index in [4.69, 9.17) is 0 Å². The monoisotopic (exact) mass is 620 g/mol. The summed E-state index contributed by atoms with van der Waals surface area (Å²) in [4.78, 5) is 35.5. The van der Waals surface area contributed by atoms with Gasteiger partial charge in [-0.1, -0.05) is 25.1 Å². The molecule has 1 amide bonds. The third kappa shape index (κ3) is 7.36. The number of anilines is 5. The zero-order chi connectivity index (χ0) is 31.9. The molecule has 236 valence electrons. The summed E-state index contributed by atoms with van der Waals surface area (Å²) in [6, 6.07) is 18.3. The SMILES string of the molecule is CCN1CCN(Cc2ccc(C(=O)Nc3ccc(C)c(Nc4nccn4-c4cc(Nc5ccccn5)ncn4)c3)cc2CF)CC1. The average molecular weight is 621 g/mol. The number of amides is 1. The topological polar surface area (TPSA) is 116 Å². The van der Waals surface area contributed by atoms with Gasteiger partial charge in [0.05, 0.1) is 0 Å². The minimum absolute atomic E-state index is 0.303. The summed E-state index contributed by atoms with van der Waals surface area (Å²) in [5.74, 6) is 2.09. The molecule has 0 saturated carbocycles. The number of nitrogens with one attached hydrogen (secondary N) is 3. The first-order valence-corrected chi connectivity index (χ1v) is 15.3. The second-order valence-corrected chi connectivity index (χ2v) is 11.2. The van der Waals surface area contributed by atoms with E-state index in [1.165, 1.54) is 6.33 Å². The molecule has 3 aromatic heterocycles. The van der Waals surface area contributed by atoms with Gasteiger partial charge in [0, 0.05) is 74.3 Å². The molecule has 1 aliphatic heterocycles. The van der Waals surface area contributed by atoms with Gasteiger partial charge in [0.1, 0.15) is 30.5 Å². The zero-order valence-electron chi connectivity index (χ0n) is 25.9. The third-order valence-electron chi connectivity index (χ3n) is 8.12. The summed E-state index contributed by atoms with van der Waals surface area (Å²) in [6.45, 7) is 9.18. The number of aromatic nitrogens is 5. The van der Waals surface area contributed by atoms with Gasteiger partial charge in [-0.2, -0.15) is 0 Å². The molecule has 5 aromatic rings. The molecular formula is C34H37FN10O. The van der Waals surface area contributed by atoms with E-state index in [0.717, 1.165) is 49.5 Å². The number of hydrogen-bond donors (Lipinski definition) is 3. The smallest absolute Gasteiger partial charge is 0.255 e. The second-order valence-electron chi connectivity index (χ2n) is 11.2. The lowest BCUT2D eigenvalue weighted by Gasteiger charge is -2.34. The van der Waals surface area contributed by atoms with E-state index in [1.54, 1.807) is 41.4 Å². The van der Waals surface area contributed by atoms with Gasteiger partial charge >= 0.3 is 0 Å². The van der Waals surface area contributed by atoms with Crippen molar-refractivity contribution in [2.75, 3.05) is 48.7 Å². The van der Waals surface area contributed by atoms with Crippen LogP contribution in [0.25, 0.3) is 5.82 Å². The number of imidazole rings is 1. The molecule has 1 fully saturated rings. The summed E-state index contributed by atoms with van der Waals surface area (Å²) >= 11 is 0. The number of halogens is 1. The van der Waals surface area contributed by atoms with E-state index in [9.17, 15) is 9.18 Å². The number of likely N-dealkylation sites (N-methyl/N-ethyl adjacent to an activating group) is 1. The molecule has 11 nitrogen and oxygen atoms in total. The Hall–Kier alpha value is -5.20. The Morgan fingerprint density at radius 3 is 2.48 bits per heavy atom. The summed E-state index contributed by atoms with van der Waals surface area (Å²) in [5.41, 5.74) is 4.19. The Kier molecular flexibility index (Phi) is 9.56. The van der Waals surface area contributed by atoms with Crippen molar-refractivity contribution in [3.63, 3.8) is 0 Å². The van der Waals surface area contributed by atoms with Gasteiger partial charge in [-0.05, 0) is 66.6 Å². The van der Waals surface area contributed by atoms with Crippen LogP contribution in [0.2, 0.25) is 0 Å². The summed E-state index contributed by atoms with van der Waals surface area (Å²) in [5, 5.41) is 9.50. The molecule has 0 atom stereocenters. The molecule has 2 aromatic carbocycles. The van der Waals surface area contributed by atoms with Crippen molar-refractivity contribution in [1.82, 2.24) is 34.3 Å². The average Bonchev–Trinajstić information content (AvgIpc) is 3.55. The Morgan fingerprint density at radius 2 is 1.70 bits per heavy atom. The molecule has 0 unspecified atom stereocenters. The van der Waals surface area contributed by atoms with E-state index < -0.39 is 6.67 Å². The van der Waals surface area contributed by atoms with Crippen molar-refractivity contribution in [3.8, 4) is 5.82 Å². The van der Waals surface area contributed by atoms with Gasteiger partial charge in [0.15, 0.2) is 0 Å². The Balaban J connectivity index is 1.14. The predicted molar refractivity (Wildman–Crippen MR) is 178 cm³/mol. The zero-order valence-corrected chi connectivity index (χ0v) is 25.9. The number of benzene rings is 2. The number of carbonyl (C=O) groups excluding carboxylic acids is 1. The van der Waals surface area contributed by atoms with Crippen LogP contribution in [-0.2, 0) is 13.2 Å². The second kappa shape index (κ2) is 14.3.